The van der Waals surface area contributed by atoms with Gasteiger partial charge in [-0.1, -0.05) is 15.9 Å². The summed E-state index contributed by atoms with van der Waals surface area (Å²) in [6, 6.07) is 11.4. The predicted molar refractivity (Wildman–Crippen MR) is 139 cm³/mol. The maximum absolute atomic E-state index is 12.9. The number of fused-ring (bicyclic) bond motifs is 1. The van der Waals surface area contributed by atoms with Crippen LogP contribution in [0.15, 0.2) is 40.9 Å². The Morgan fingerprint density at radius 2 is 1.85 bits per heavy atom. The Kier molecular flexibility index (Phi) is 7.02. The van der Waals surface area contributed by atoms with Gasteiger partial charge in [0.05, 0.1) is 23.1 Å². The van der Waals surface area contributed by atoms with Crippen molar-refractivity contribution < 1.29 is 13.2 Å². The molecule has 1 fully saturated rings. The minimum Gasteiger partial charge on any atom is -0.354 e. The number of aromatic nitrogens is 2. The van der Waals surface area contributed by atoms with Crippen LogP contribution >= 0.6 is 15.9 Å². The van der Waals surface area contributed by atoms with Crippen LogP contribution in [0.2, 0.25) is 0 Å². The number of benzene rings is 2. The van der Waals surface area contributed by atoms with Crippen molar-refractivity contribution in [1.29, 1.82) is 0 Å². The van der Waals surface area contributed by atoms with Crippen molar-refractivity contribution in [2.24, 2.45) is 0 Å². The van der Waals surface area contributed by atoms with E-state index in [4.69, 9.17) is 5.10 Å². The van der Waals surface area contributed by atoms with Gasteiger partial charge in [-0.05, 0) is 87.8 Å². The van der Waals surface area contributed by atoms with Crippen molar-refractivity contribution >= 4 is 48.5 Å². The molecular formula is C24H30BrN5O3S. The molecule has 0 atom stereocenters. The lowest BCUT2D eigenvalue weighted by atomic mass is 10.0. The van der Waals surface area contributed by atoms with Crippen LogP contribution in [0.25, 0.3) is 16.6 Å². The predicted octanol–water partition coefficient (Wildman–Crippen LogP) is 3.74. The van der Waals surface area contributed by atoms with E-state index >= 15 is 0 Å². The summed E-state index contributed by atoms with van der Waals surface area (Å²) >= 11 is 3.45. The van der Waals surface area contributed by atoms with Gasteiger partial charge in [-0.2, -0.15) is 5.10 Å². The summed E-state index contributed by atoms with van der Waals surface area (Å²) in [5.41, 5.74) is 3.40. The van der Waals surface area contributed by atoms with Gasteiger partial charge in [0.1, 0.15) is 5.69 Å². The fraction of sp³-hybridized carbons (Fsp3) is 0.417. The van der Waals surface area contributed by atoms with Crippen molar-refractivity contribution in [3.8, 4) is 5.69 Å². The molecule has 3 aromatic rings. The molecule has 1 heterocycles. The average Bonchev–Trinajstić information content (AvgIpc) is 3.55. The summed E-state index contributed by atoms with van der Waals surface area (Å²) in [6.45, 7) is 1.17. The summed E-state index contributed by atoms with van der Waals surface area (Å²) in [4.78, 5) is 15.0. The summed E-state index contributed by atoms with van der Waals surface area (Å²) in [5.74, 6) is 0.0388. The largest absolute Gasteiger partial charge is 0.354 e. The molecule has 0 aliphatic heterocycles. The molecule has 0 unspecified atom stereocenters. The number of anilines is 1. The molecule has 1 aliphatic carbocycles. The van der Waals surface area contributed by atoms with Crippen LogP contribution in [0, 0.1) is 0 Å². The first-order valence-corrected chi connectivity index (χ1v) is 13.9. The number of halogens is 1. The summed E-state index contributed by atoms with van der Waals surface area (Å²) in [7, 11) is 2.05. The summed E-state index contributed by atoms with van der Waals surface area (Å²) in [5, 5.41) is 8.19. The molecule has 1 aliphatic rings. The molecular weight excluding hydrogens is 518 g/mol. The lowest BCUT2D eigenvalue weighted by Gasteiger charge is -2.26. The number of rotatable bonds is 9. The van der Waals surface area contributed by atoms with E-state index in [1.165, 1.54) is 10.6 Å². The van der Waals surface area contributed by atoms with Gasteiger partial charge in [0.2, 0.25) is 10.0 Å². The molecule has 0 bridgehead atoms. The number of nitrogens with one attached hydrogen (secondary N) is 1. The van der Waals surface area contributed by atoms with Crippen LogP contribution < -0.4 is 9.62 Å². The third kappa shape index (κ3) is 5.13. The molecule has 1 saturated carbocycles. The average molecular weight is 549 g/mol. The minimum atomic E-state index is -3.50. The van der Waals surface area contributed by atoms with Crippen molar-refractivity contribution in [3.63, 3.8) is 0 Å². The standard InChI is InChI=1S/C24H30BrN5O3S/c1-26-24(31)23-20-14-19(16-6-7-16)22(29(34(4,32)33)13-5-12-28(2)3)15-21(20)27-30(23)18-10-8-17(25)9-11-18/h8-11,14-16H,5-7,12-13H2,1-4H3,(H,26,31). The quantitative estimate of drug-likeness (QED) is 0.440. The highest BCUT2D eigenvalue weighted by atomic mass is 79.9. The van der Waals surface area contributed by atoms with Crippen LogP contribution in [0.3, 0.4) is 0 Å². The molecule has 0 radical (unpaired) electrons. The number of amides is 1. The smallest absolute Gasteiger partial charge is 0.270 e. The van der Waals surface area contributed by atoms with Crippen LogP contribution in [0.1, 0.15) is 41.2 Å². The molecule has 1 amide bonds. The first-order valence-electron chi connectivity index (χ1n) is 11.3. The Bertz CT molecular complexity index is 1310. The first-order chi connectivity index (χ1) is 16.1. The Labute approximate surface area is 209 Å². The normalized spacial score (nSPS) is 14.1. The number of carbonyl (C=O) groups is 1. The maximum Gasteiger partial charge on any atom is 0.270 e. The second kappa shape index (κ2) is 9.67. The number of carbonyl (C=O) groups excluding carboxylic acids is 1. The zero-order chi connectivity index (χ0) is 24.6. The van der Waals surface area contributed by atoms with Gasteiger partial charge in [-0.25, -0.2) is 13.1 Å². The maximum atomic E-state index is 12.9. The van der Waals surface area contributed by atoms with E-state index in [9.17, 15) is 13.2 Å². The fourth-order valence-corrected chi connectivity index (χ4v) is 5.42. The van der Waals surface area contributed by atoms with Gasteiger partial charge in [0.25, 0.3) is 5.91 Å². The van der Waals surface area contributed by atoms with E-state index in [1.54, 1.807) is 11.7 Å². The van der Waals surface area contributed by atoms with Gasteiger partial charge in [0, 0.05) is 23.5 Å². The highest BCUT2D eigenvalue weighted by Gasteiger charge is 2.32. The van der Waals surface area contributed by atoms with Gasteiger partial charge < -0.3 is 10.2 Å². The third-order valence-corrected chi connectivity index (χ3v) is 7.69. The molecule has 1 N–H and O–H groups in total. The molecule has 2 aromatic carbocycles. The highest BCUT2D eigenvalue weighted by molar-refractivity contribution is 9.10. The highest BCUT2D eigenvalue weighted by Crippen LogP contribution is 2.46. The van der Waals surface area contributed by atoms with E-state index in [-0.39, 0.29) is 11.8 Å². The Hall–Kier alpha value is -2.43. The lowest BCUT2D eigenvalue weighted by molar-refractivity contribution is 0.0957. The molecule has 1 aromatic heterocycles. The summed E-state index contributed by atoms with van der Waals surface area (Å²) < 4.78 is 29.7. The lowest BCUT2D eigenvalue weighted by Crippen LogP contribution is -2.33. The molecule has 8 nitrogen and oxygen atoms in total. The molecule has 0 saturated heterocycles. The minimum absolute atomic E-state index is 0.245. The number of hydrogen-bond acceptors (Lipinski definition) is 5. The molecule has 182 valence electrons. The monoisotopic (exact) mass is 547 g/mol. The second-order valence-corrected chi connectivity index (χ2v) is 11.8. The zero-order valence-electron chi connectivity index (χ0n) is 19.9. The van der Waals surface area contributed by atoms with Gasteiger partial charge >= 0.3 is 0 Å². The first kappa shape index (κ1) is 24.7. The van der Waals surface area contributed by atoms with E-state index in [1.807, 2.05) is 55.4 Å². The Morgan fingerprint density at radius 3 is 2.41 bits per heavy atom. The van der Waals surface area contributed by atoms with Gasteiger partial charge in [0.15, 0.2) is 0 Å². The van der Waals surface area contributed by atoms with Gasteiger partial charge in [-0.3, -0.25) is 9.10 Å². The number of hydrogen-bond donors (Lipinski definition) is 1. The topological polar surface area (TPSA) is 87.5 Å². The molecule has 0 spiro atoms. The zero-order valence-corrected chi connectivity index (χ0v) is 22.3. The third-order valence-electron chi connectivity index (χ3n) is 5.99. The van der Waals surface area contributed by atoms with E-state index in [2.05, 4.69) is 21.2 Å². The molecule has 4 rings (SSSR count). The van der Waals surface area contributed by atoms with Crippen LogP contribution in [0.5, 0.6) is 0 Å². The molecule has 10 heteroatoms. The van der Waals surface area contributed by atoms with E-state index in [0.717, 1.165) is 40.5 Å². The Morgan fingerprint density at radius 1 is 1.18 bits per heavy atom. The van der Waals surface area contributed by atoms with Crippen LogP contribution in [-0.2, 0) is 10.0 Å². The van der Waals surface area contributed by atoms with Crippen LogP contribution in [-0.4, -0.2) is 69.5 Å². The van der Waals surface area contributed by atoms with Crippen LogP contribution in [0.4, 0.5) is 5.69 Å². The van der Waals surface area contributed by atoms with Crippen molar-refractivity contribution in [2.75, 3.05) is 44.8 Å². The van der Waals surface area contributed by atoms with E-state index < -0.39 is 10.0 Å². The van der Waals surface area contributed by atoms with Crippen molar-refractivity contribution in [1.82, 2.24) is 20.0 Å². The summed E-state index contributed by atoms with van der Waals surface area (Å²) in [6.07, 6.45) is 3.97. The second-order valence-electron chi connectivity index (χ2n) is 9.01. The van der Waals surface area contributed by atoms with E-state index in [0.29, 0.717) is 29.9 Å². The number of nitrogens with zero attached hydrogens (tertiary/aromatic N) is 4. The molecule has 34 heavy (non-hydrogen) atoms. The fourth-order valence-electron chi connectivity index (χ4n) is 4.18. The Balaban J connectivity index is 1.91. The van der Waals surface area contributed by atoms with Crippen molar-refractivity contribution in [2.45, 2.75) is 25.2 Å². The van der Waals surface area contributed by atoms with Gasteiger partial charge in [-0.15, -0.1) is 0 Å². The number of sulfonamides is 1. The SMILES string of the molecule is CNC(=O)c1c2cc(C3CC3)c(N(CCCN(C)C)S(C)(=O)=O)cc2nn1-c1ccc(Br)cc1. The van der Waals surface area contributed by atoms with Crippen molar-refractivity contribution in [3.05, 3.63) is 52.1 Å².